The van der Waals surface area contributed by atoms with Gasteiger partial charge in [0.15, 0.2) is 0 Å². The molecule has 0 radical (unpaired) electrons. The summed E-state index contributed by atoms with van der Waals surface area (Å²) in [5, 5.41) is 13.9. The first kappa shape index (κ1) is 12.2. The van der Waals surface area contributed by atoms with Crippen molar-refractivity contribution >= 4 is 28.1 Å². The number of hydrogen-bond acceptors (Lipinski definition) is 7. The molecule has 7 nitrogen and oxygen atoms in total. The number of anilines is 2. The maximum absolute atomic E-state index is 11.8. The average molecular weight is 265 g/mol. The summed E-state index contributed by atoms with van der Waals surface area (Å²) < 4.78 is 4.92. The Hall–Kier alpha value is -2.22. The van der Waals surface area contributed by atoms with Crippen LogP contribution < -0.4 is 15.4 Å². The van der Waals surface area contributed by atoms with E-state index in [4.69, 9.17) is 4.74 Å². The molecule has 2 N–H and O–H groups in total. The first-order valence-electron chi connectivity index (χ1n) is 5.05. The summed E-state index contributed by atoms with van der Waals surface area (Å²) in [5.74, 6) is 0.169. The molecule has 2 rings (SSSR count). The van der Waals surface area contributed by atoms with Crippen molar-refractivity contribution < 1.29 is 9.53 Å². The zero-order valence-electron chi connectivity index (χ0n) is 9.80. The van der Waals surface area contributed by atoms with Crippen molar-refractivity contribution in [3.05, 3.63) is 23.3 Å². The van der Waals surface area contributed by atoms with Gasteiger partial charge in [0.1, 0.15) is 0 Å². The van der Waals surface area contributed by atoms with E-state index in [0.29, 0.717) is 16.7 Å². The van der Waals surface area contributed by atoms with Gasteiger partial charge in [-0.3, -0.25) is 4.79 Å². The summed E-state index contributed by atoms with van der Waals surface area (Å²) in [6.07, 6.45) is 1.51. The Balaban J connectivity index is 2.06. The quantitative estimate of drug-likeness (QED) is 0.864. The van der Waals surface area contributed by atoms with E-state index in [-0.39, 0.29) is 10.9 Å². The molecule has 0 saturated carbocycles. The highest BCUT2D eigenvalue weighted by Gasteiger charge is 2.12. The van der Waals surface area contributed by atoms with Crippen LogP contribution in [-0.2, 0) is 0 Å². The average Bonchev–Trinajstić information content (AvgIpc) is 2.88. The van der Waals surface area contributed by atoms with Crippen LogP contribution >= 0.6 is 11.3 Å². The van der Waals surface area contributed by atoms with Crippen LogP contribution in [0.2, 0.25) is 0 Å². The number of amides is 1. The van der Waals surface area contributed by atoms with E-state index in [0.717, 1.165) is 0 Å². The standard InChI is InChI=1S/C10H11N5O2S/c1-11-10-15-14-9(18-10)8(16)13-6-3-4-7(17-2)12-5-6/h3-5H,1-2H3,(H,11,15)(H,13,16). The van der Waals surface area contributed by atoms with Gasteiger partial charge in [0.2, 0.25) is 16.0 Å². The van der Waals surface area contributed by atoms with Gasteiger partial charge in [-0.15, -0.1) is 10.2 Å². The fourth-order valence-electron chi connectivity index (χ4n) is 1.18. The molecule has 0 bridgehead atoms. The third kappa shape index (κ3) is 2.72. The summed E-state index contributed by atoms with van der Waals surface area (Å²) >= 11 is 1.18. The van der Waals surface area contributed by atoms with Gasteiger partial charge in [-0.1, -0.05) is 11.3 Å². The van der Waals surface area contributed by atoms with Crippen molar-refractivity contribution in [2.75, 3.05) is 24.8 Å². The van der Waals surface area contributed by atoms with Crippen LogP contribution in [0.25, 0.3) is 0 Å². The van der Waals surface area contributed by atoms with E-state index in [2.05, 4.69) is 25.8 Å². The largest absolute Gasteiger partial charge is 0.481 e. The highest BCUT2D eigenvalue weighted by Crippen LogP contribution is 2.16. The molecule has 0 aromatic carbocycles. The van der Waals surface area contributed by atoms with Crippen LogP contribution in [0, 0.1) is 0 Å². The van der Waals surface area contributed by atoms with Crippen molar-refractivity contribution in [2.45, 2.75) is 0 Å². The lowest BCUT2D eigenvalue weighted by atomic mass is 10.4. The Morgan fingerprint density at radius 3 is 2.78 bits per heavy atom. The number of carbonyl (C=O) groups excluding carboxylic acids is 1. The summed E-state index contributed by atoms with van der Waals surface area (Å²) in [7, 11) is 3.25. The van der Waals surface area contributed by atoms with Crippen LogP contribution in [0.15, 0.2) is 18.3 Å². The highest BCUT2D eigenvalue weighted by atomic mass is 32.1. The van der Waals surface area contributed by atoms with Gasteiger partial charge in [0.05, 0.1) is 19.0 Å². The molecule has 0 spiro atoms. The van der Waals surface area contributed by atoms with Crippen LogP contribution in [0.3, 0.4) is 0 Å². The molecule has 0 aliphatic heterocycles. The molecule has 2 heterocycles. The lowest BCUT2D eigenvalue weighted by Crippen LogP contribution is -2.11. The zero-order valence-corrected chi connectivity index (χ0v) is 10.6. The molecule has 0 aliphatic carbocycles. The minimum Gasteiger partial charge on any atom is -0.481 e. The first-order chi connectivity index (χ1) is 8.72. The van der Waals surface area contributed by atoms with Gasteiger partial charge in [0, 0.05) is 13.1 Å². The number of methoxy groups -OCH3 is 1. The molecule has 1 amide bonds. The van der Waals surface area contributed by atoms with E-state index in [1.807, 2.05) is 0 Å². The predicted octanol–water partition coefficient (Wildman–Crippen LogP) is 1.24. The van der Waals surface area contributed by atoms with Crippen LogP contribution in [0.4, 0.5) is 10.8 Å². The second kappa shape index (κ2) is 5.41. The van der Waals surface area contributed by atoms with Gasteiger partial charge in [0.25, 0.3) is 5.91 Å². The van der Waals surface area contributed by atoms with Crippen LogP contribution in [0.1, 0.15) is 9.80 Å². The number of nitrogens with zero attached hydrogens (tertiary/aromatic N) is 3. The smallest absolute Gasteiger partial charge is 0.286 e. The van der Waals surface area contributed by atoms with E-state index in [1.54, 1.807) is 19.2 Å². The summed E-state index contributed by atoms with van der Waals surface area (Å²) in [5.41, 5.74) is 0.571. The summed E-state index contributed by atoms with van der Waals surface area (Å²) in [6, 6.07) is 3.36. The third-order valence-corrected chi connectivity index (χ3v) is 2.98. The van der Waals surface area contributed by atoms with Crippen molar-refractivity contribution in [1.82, 2.24) is 15.2 Å². The SMILES string of the molecule is CNc1nnc(C(=O)Nc2ccc(OC)nc2)s1. The minimum atomic E-state index is -0.319. The lowest BCUT2D eigenvalue weighted by molar-refractivity contribution is 0.102. The second-order valence-corrected chi connectivity index (χ2v) is 4.18. The lowest BCUT2D eigenvalue weighted by Gasteiger charge is -2.02. The number of carbonyl (C=O) groups is 1. The third-order valence-electron chi connectivity index (χ3n) is 2.04. The van der Waals surface area contributed by atoms with E-state index in [9.17, 15) is 4.79 Å². The van der Waals surface area contributed by atoms with Crippen molar-refractivity contribution in [3.63, 3.8) is 0 Å². The van der Waals surface area contributed by atoms with Crippen LogP contribution in [0.5, 0.6) is 5.88 Å². The fraction of sp³-hybridized carbons (Fsp3) is 0.200. The predicted molar refractivity (Wildman–Crippen MR) is 68.2 cm³/mol. The summed E-state index contributed by atoms with van der Waals surface area (Å²) in [6.45, 7) is 0. The first-order valence-corrected chi connectivity index (χ1v) is 5.87. The number of rotatable bonds is 4. The maximum Gasteiger partial charge on any atom is 0.286 e. The van der Waals surface area contributed by atoms with Gasteiger partial charge in [-0.25, -0.2) is 4.98 Å². The van der Waals surface area contributed by atoms with E-state index < -0.39 is 0 Å². The molecule has 0 atom stereocenters. The van der Waals surface area contributed by atoms with E-state index in [1.165, 1.54) is 24.6 Å². The Bertz CT molecular complexity index is 539. The fourth-order valence-corrected chi connectivity index (χ4v) is 1.77. The molecule has 94 valence electrons. The Labute approximate surface area is 107 Å². The molecule has 0 aliphatic rings. The Morgan fingerprint density at radius 2 is 2.22 bits per heavy atom. The molecule has 8 heteroatoms. The molecule has 0 fully saturated rings. The highest BCUT2D eigenvalue weighted by molar-refractivity contribution is 7.17. The number of aromatic nitrogens is 3. The van der Waals surface area contributed by atoms with Gasteiger partial charge < -0.3 is 15.4 Å². The van der Waals surface area contributed by atoms with Gasteiger partial charge >= 0.3 is 0 Å². The molecule has 0 saturated heterocycles. The molecule has 2 aromatic rings. The Morgan fingerprint density at radius 1 is 1.39 bits per heavy atom. The normalized spacial score (nSPS) is 9.89. The number of ether oxygens (including phenoxy) is 1. The van der Waals surface area contributed by atoms with Crippen molar-refractivity contribution in [3.8, 4) is 5.88 Å². The molecular weight excluding hydrogens is 254 g/mol. The molecular formula is C10H11N5O2S. The minimum absolute atomic E-state index is 0.287. The van der Waals surface area contributed by atoms with Crippen molar-refractivity contribution in [1.29, 1.82) is 0 Å². The molecule has 18 heavy (non-hydrogen) atoms. The molecule has 2 aromatic heterocycles. The van der Waals surface area contributed by atoms with Gasteiger partial charge in [-0.2, -0.15) is 0 Å². The number of nitrogens with one attached hydrogen (secondary N) is 2. The van der Waals surface area contributed by atoms with Crippen LogP contribution in [-0.4, -0.2) is 35.2 Å². The number of hydrogen-bond donors (Lipinski definition) is 2. The van der Waals surface area contributed by atoms with E-state index >= 15 is 0 Å². The summed E-state index contributed by atoms with van der Waals surface area (Å²) in [4.78, 5) is 15.8. The Kier molecular flexibility index (Phi) is 3.68. The zero-order chi connectivity index (χ0) is 13.0. The van der Waals surface area contributed by atoms with Gasteiger partial charge in [-0.05, 0) is 6.07 Å². The monoisotopic (exact) mass is 265 g/mol. The topological polar surface area (TPSA) is 89.0 Å². The maximum atomic E-state index is 11.8. The van der Waals surface area contributed by atoms with Crippen molar-refractivity contribution in [2.24, 2.45) is 0 Å². The molecule has 0 unspecified atom stereocenters. The number of pyridine rings is 1. The second-order valence-electron chi connectivity index (χ2n) is 3.21.